The fraction of sp³-hybridized carbons (Fsp3) is 0.238. The van der Waals surface area contributed by atoms with E-state index in [-0.39, 0.29) is 46.2 Å². The number of fused-ring (bicyclic) bond motifs is 2. The number of H-pyrrole nitrogens is 1. The Bertz CT molecular complexity index is 1190. The van der Waals surface area contributed by atoms with Crippen molar-refractivity contribution in [3.8, 4) is 0 Å². The van der Waals surface area contributed by atoms with Gasteiger partial charge in [0.05, 0.1) is 17.1 Å². The molecule has 5 nitrogen and oxygen atoms in total. The highest BCUT2D eigenvalue weighted by Crippen LogP contribution is 2.24. The molecule has 1 amide bonds. The molecule has 0 saturated heterocycles. The van der Waals surface area contributed by atoms with Crippen LogP contribution >= 0.6 is 11.6 Å². The van der Waals surface area contributed by atoms with Gasteiger partial charge in [-0.15, -0.1) is 0 Å². The summed E-state index contributed by atoms with van der Waals surface area (Å²) in [6.45, 7) is 2.49. The number of pyridine rings is 1. The van der Waals surface area contributed by atoms with E-state index in [9.17, 15) is 18.4 Å². The third-order valence-corrected chi connectivity index (χ3v) is 5.43. The van der Waals surface area contributed by atoms with Gasteiger partial charge in [0.15, 0.2) is 11.2 Å². The molecule has 1 aliphatic heterocycles. The van der Waals surface area contributed by atoms with Crippen LogP contribution in [0.3, 0.4) is 0 Å². The van der Waals surface area contributed by atoms with Gasteiger partial charge in [-0.05, 0) is 36.8 Å². The van der Waals surface area contributed by atoms with Gasteiger partial charge in [-0.2, -0.15) is 0 Å². The number of hydrogen-bond donors (Lipinski definition) is 2. The normalized spacial score (nSPS) is 14.1. The number of aromatic nitrogens is 1. The van der Waals surface area contributed by atoms with E-state index in [0.717, 1.165) is 0 Å². The number of nitrogens with one attached hydrogen (secondary N) is 2. The van der Waals surface area contributed by atoms with E-state index in [4.69, 9.17) is 11.6 Å². The predicted octanol–water partition coefficient (Wildman–Crippen LogP) is 3.76. The predicted molar refractivity (Wildman–Crippen MR) is 108 cm³/mol. The quantitative estimate of drug-likeness (QED) is 0.682. The molecule has 2 heterocycles. The van der Waals surface area contributed by atoms with Crippen LogP contribution in [0.2, 0.25) is 5.02 Å². The zero-order valence-electron chi connectivity index (χ0n) is 15.6. The van der Waals surface area contributed by atoms with Crippen molar-refractivity contribution in [2.45, 2.75) is 19.9 Å². The smallest absolute Gasteiger partial charge is 0.238 e. The lowest BCUT2D eigenvalue weighted by atomic mass is 10.0. The molecule has 1 aliphatic rings. The first kappa shape index (κ1) is 19.5. The van der Waals surface area contributed by atoms with Crippen molar-refractivity contribution < 1.29 is 13.6 Å². The minimum Gasteiger partial charge on any atom is -0.355 e. The Morgan fingerprint density at radius 1 is 1.28 bits per heavy atom. The van der Waals surface area contributed by atoms with Gasteiger partial charge in [-0.3, -0.25) is 14.5 Å². The second kappa shape index (κ2) is 7.57. The molecule has 0 aliphatic carbocycles. The first-order valence-electron chi connectivity index (χ1n) is 9.13. The monoisotopic (exact) mass is 417 g/mol. The lowest BCUT2D eigenvalue weighted by molar-refractivity contribution is -0.117. The number of amides is 1. The van der Waals surface area contributed by atoms with Gasteiger partial charge in [0.2, 0.25) is 5.91 Å². The van der Waals surface area contributed by atoms with Crippen LogP contribution in [0.4, 0.5) is 14.5 Å². The molecule has 150 valence electrons. The van der Waals surface area contributed by atoms with E-state index in [0.29, 0.717) is 35.5 Å². The minimum absolute atomic E-state index is 0.0465. The first-order valence-corrected chi connectivity index (χ1v) is 9.51. The summed E-state index contributed by atoms with van der Waals surface area (Å²) in [5.74, 6) is -1.33. The molecule has 0 fully saturated rings. The number of aryl methyl sites for hydroxylation is 1. The molecule has 8 heteroatoms. The Kier molecular flexibility index (Phi) is 5.10. The molecule has 0 radical (unpaired) electrons. The maximum absolute atomic E-state index is 14.3. The summed E-state index contributed by atoms with van der Waals surface area (Å²) >= 11 is 5.82. The molecular weight excluding hydrogens is 400 g/mol. The van der Waals surface area contributed by atoms with Crippen LogP contribution in [-0.4, -0.2) is 28.9 Å². The van der Waals surface area contributed by atoms with E-state index < -0.39 is 5.82 Å². The molecule has 0 atom stereocenters. The van der Waals surface area contributed by atoms with Crippen molar-refractivity contribution in [3.63, 3.8) is 0 Å². The van der Waals surface area contributed by atoms with Gasteiger partial charge >= 0.3 is 0 Å². The topological polar surface area (TPSA) is 65.2 Å². The fourth-order valence-electron chi connectivity index (χ4n) is 3.55. The highest BCUT2D eigenvalue weighted by Gasteiger charge is 2.23. The lowest BCUT2D eigenvalue weighted by Gasteiger charge is -2.28. The van der Waals surface area contributed by atoms with Gasteiger partial charge in [-0.25, -0.2) is 8.78 Å². The third kappa shape index (κ3) is 3.75. The van der Waals surface area contributed by atoms with E-state index >= 15 is 0 Å². The Hall–Kier alpha value is -2.77. The first-order chi connectivity index (χ1) is 13.8. The van der Waals surface area contributed by atoms with Crippen molar-refractivity contribution in [3.05, 3.63) is 74.0 Å². The number of anilines is 1. The van der Waals surface area contributed by atoms with Crippen LogP contribution in [0.5, 0.6) is 0 Å². The van der Waals surface area contributed by atoms with E-state index in [2.05, 4.69) is 10.3 Å². The molecule has 0 spiro atoms. The van der Waals surface area contributed by atoms with Gasteiger partial charge in [0.25, 0.3) is 0 Å². The Morgan fingerprint density at radius 2 is 2.07 bits per heavy atom. The van der Waals surface area contributed by atoms with Crippen LogP contribution in [-0.2, 0) is 17.8 Å². The molecule has 0 bridgehead atoms. The van der Waals surface area contributed by atoms with Crippen molar-refractivity contribution >= 4 is 34.1 Å². The number of aromatic amines is 1. The number of halogens is 3. The molecular formula is C21H18ClF2N3O2. The Balaban J connectivity index is 1.53. The summed E-state index contributed by atoms with van der Waals surface area (Å²) in [5, 5.41) is 2.85. The van der Waals surface area contributed by atoms with Crippen molar-refractivity contribution in [2.24, 2.45) is 0 Å². The van der Waals surface area contributed by atoms with Gasteiger partial charge in [-0.1, -0.05) is 17.7 Å². The van der Waals surface area contributed by atoms with Crippen molar-refractivity contribution in [2.75, 3.05) is 18.4 Å². The number of nitrogens with zero attached hydrogens (tertiary/aromatic N) is 1. The SMILES string of the molecule is Cc1ccc(NC(=O)CN2CCc3[nH]c4c(F)c(Cl)ccc4c(=O)c3C2)cc1F. The summed E-state index contributed by atoms with van der Waals surface area (Å²) in [4.78, 5) is 30.0. The number of carbonyl (C=O) groups is 1. The molecule has 0 unspecified atom stereocenters. The van der Waals surface area contributed by atoms with E-state index in [1.807, 2.05) is 4.90 Å². The van der Waals surface area contributed by atoms with Gasteiger partial charge in [0, 0.05) is 41.8 Å². The number of benzene rings is 2. The summed E-state index contributed by atoms with van der Waals surface area (Å²) in [5.41, 5.74) is 1.89. The molecule has 1 aromatic heterocycles. The van der Waals surface area contributed by atoms with Gasteiger partial charge < -0.3 is 10.3 Å². The molecule has 4 rings (SSSR count). The van der Waals surface area contributed by atoms with Crippen molar-refractivity contribution in [1.29, 1.82) is 0 Å². The summed E-state index contributed by atoms with van der Waals surface area (Å²) in [7, 11) is 0. The van der Waals surface area contributed by atoms with Crippen LogP contribution < -0.4 is 10.7 Å². The Morgan fingerprint density at radius 3 is 2.83 bits per heavy atom. The lowest BCUT2D eigenvalue weighted by Crippen LogP contribution is -2.39. The number of carbonyl (C=O) groups excluding carboxylic acids is 1. The average molecular weight is 418 g/mol. The summed E-state index contributed by atoms with van der Waals surface area (Å²) in [6, 6.07) is 7.36. The maximum Gasteiger partial charge on any atom is 0.238 e. The highest BCUT2D eigenvalue weighted by molar-refractivity contribution is 6.31. The Labute approximate surface area is 170 Å². The standard InChI is InChI=1S/C21H18ClF2N3O2/c1-11-2-3-12(8-16(11)23)25-18(28)10-27-7-6-17-14(9-27)21(29)13-4-5-15(22)19(24)20(13)26-17/h2-5,8H,6-7,9-10H2,1H3,(H,25,28)(H,26,29). The summed E-state index contributed by atoms with van der Waals surface area (Å²) in [6.07, 6.45) is 0.471. The van der Waals surface area contributed by atoms with Crippen LogP contribution in [0.1, 0.15) is 16.8 Å². The zero-order valence-corrected chi connectivity index (χ0v) is 16.4. The third-order valence-electron chi connectivity index (χ3n) is 5.14. The van der Waals surface area contributed by atoms with Crippen LogP contribution in [0.15, 0.2) is 35.1 Å². The van der Waals surface area contributed by atoms with Crippen molar-refractivity contribution in [1.82, 2.24) is 9.88 Å². The second-order valence-electron chi connectivity index (χ2n) is 7.17. The van der Waals surface area contributed by atoms with Crippen LogP contribution in [0.25, 0.3) is 10.9 Å². The highest BCUT2D eigenvalue weighted by atomic mass is 35.5. The van der Waals surface area contributed by atoms with E-state index in [1.165, 1.54) is 18.2 Å². The number of rotatable bonds is 3. The second-order valence-corrected chi connectivity index (χ2v) is 7.58. The van der Waals surface area contributed by atoms with E-state index in [1.54, 1.807) is 19.1 Å². The number of hydrogen-bond acceptors (Lipinski definition) is 3. The molecule has 2 aromatic carbocycles. The molecule has 29 heavy (non-hydrogen) atoms. The summed E-state index contributed by atoms with van der Waals surface area (Å²) < 4.78 is 27.9. The average Bonchev–Trinajstić information content (AvgIpc) is 2.68. The van der Waals surface area contributed by atoms with Crippen LogP contribution in [0, 0.1) is 18.6 Å². The molecule has 2 N–H and O–H groups in total. The zero-order chi connectivity index (χ0) is 20.7. The largest absolute Gasteiger partial charge is 0.355 e. The maximum atomic E-state index is 14.3. The minimum atomic E-state index is -0.642. The van der Waals surface area contributed by atoms with Gasteiger partial charge in [0.1, 0.15) is 5.82 Å². The molecule has 3 aromatic rings. The fourth-order valence-corrected chi connectivity index (χ4v) is 3.71. The molecule has 0 saturated carbocycles.